The van der Waals surface area contributed by atoms with E-state index in [1.807, 2.05) is 13.8 Å². The first-order valence-corrected chi connectivity index (χ1v) is 8.14. The first kappa shape index (κ1) is 20.2. The van der Waals surface area contributed by atoms with Gasteiger partial charge in [-0.2, -0.15) is 13.2 Å². The standard InChI is InChI=1S/C15H17ClF3IN2O/c1-5-11(14(2,3)20)22(21-4)13(23)12-9(15(17,18)19)7-6-8-10(12)16/h5-8,21H,1-4H3/b11-5+. The van der Waals surface area contributed by atoms with Gasteiger partial charge in [-0.25, -0.2) is 10.4 Å². The van der Waals surface area contributed by atoms with Crippen molar-refractivity contribution in [3.63, 3.8) is 0 Å². The van der Waals surface area contributed by atoms with Crippen LogP contribution in [0.25, 0.3) is 0 Å². The summed E-state index contributed by atoms with van der Waals surface area (Å²) in [6.45, 7) is 5.40. The van der Waals surface area contributed by atoms with Gasteiger partial charge < -0.3 is 0 Å². The molecule has 0 saturated carbocycles. The van der Waals surface area contributed by atoms with Gasteiger partial charge in [0.25, 0.3) is 5.91 Å². The van der Waals surface area contributed by atoms with Crippen molar-refractivity contribution in [1.29, 1.82) is 0 Å². The molecule has 23 heavy (non-hydrogen) atoms. The number of nitrogens with one attached hydrogen (secondary N) is 1. The minimum absolute atomic E-state index is 0.244. The van der Waals surface area contributed by atoms with Crippen LogP contribution in [0.1, 0.15) is 36.7 Å². The molecule has 0 aliphatic heterocycles. The Morgan fingerprint density at radius 3 is 2.30 bits per heavy atom. The van der Waals surface area contributed by atoms with Crippen molar-refractivity contribution in [1.82, 2.24) is 10.4 Å². The molecule has 0 aliphatic rings. The maximum Gasteiger partial charge on any atom is 0.417 e. The van der Waals surface area contributed by atoms with E-state index in [4.69, 9.17) is 11.6 Å². The molecule has 0 radical (unpaired) electrons. The molecular weight excluding hydrogens is 444 g/mol. The van der Waals surface area contributed by atoms with Crippen LogP contribution in [0.15, 0.2) is 30.0 Å². The summed E-state index contributed by atoms with van der Waals surface area (Å²) in [5, 5.41) is 0.842. The van der Waals surface area contributed by atoms with Crippen LogP contribution in [0.2, 0.25) is 5.02 Å². The number of alkyl halides is 4. The zero-order chi connectivity index (χ0) is 18.0. The van der Waals surface area contributed by atoms with Crippen LogP contribution in [0.5, 0.6) is 0 Å². The second kappa shape index (κ2) is 7.40. The van der Waals surface area contributed by atoms with Gasteiger partial charge >= 0.3 is 6.18 Å². The van der Waals surface area contributed by atoms with Crippen LogP contribution in [-0.2, 0) is 6.18 Å². The smallest absolute Gasteiger partial charge is 0.267 e. The van der Waals surface area contributed by atoms with Crippen LogP contribution in [0.4, 0.5) is 13.2 Å². The maximum atomic E-state index is 13.2. The van der Waals surface area contributed by atoms with Crippen molar-refractivity contribution >= 4 is 40.1 Å². The fourth-order valence-corrected chi connectivity index (χ4v) is 2.97. The molecule has 1 aromatic rings. The van der Waals surface area contributed by atoms with Gasteiger partial charge in [0.05, 0.1) is 19.6 Å². The van der Waals surface area contributed by atoms with Crippen molar-refractivity contribution in [3.05, 3.63) is 46.1 Å². The molecular formula is C15H17ClF3IN2O. The van der Waals surface area contributed by atoms with Crippen LogP contribution in [-0.4, -0.2) is 21.4 Å². The van der Waals surface area contributed by atoms with E-state index in [9.17, 15) is 18.0 Å². The third-order valence-corrected chi connectivity index (χ3v) is 3.95. The lowest BCUT2D eigenvalue weighted by Crippen LogP contribution is -2.45. The van der Waals surface area contributed by atoms with Gasteiger partial charge in [-0.1, -0.05) is 46.3 Å². The van der Waals surface area contributed by atoms with E-state index in [1.165, 1.54) is 19.2 Å². The van der Waals surface area contributed by atoms with E-state index in [0.717, 1.165) is 11.1 Å². The third kappa shape index (κ3) is 4.60. The summed E-state index contributed by atoms with van der Waals surface area (Å²) < 4.78 is 39.1. The summed E-state index contributed by atoms with van der Waals surface area (Å²) in [6.07, 6.45) is -3.00. The lowest BCUT2D eigenvalue weighted by atomic mass is 10.0. The number of hydrogen-bond acceptors (Lipinski definition) is 2. The quantitative estimate of drug-likeness (QED) is 0.387. The molecule has 0 fully saturated rings. The molecule has 1 N–H and O–H groups in total. The average Bonchev–Trinajstić information content (AvgIpc) is 2.41. The highest BCUT2D eigenvalue weighted by atomic mass is 127. The van der Waals surface area contributed by atoms with Gasteiger partial charge in [-0.3, -0.25) is 4.79 Å². The number of benzene rings is 1. The fraction of sp³-hybridized carbons (Fsp3) is 0.400. The molecule has 0 unspecified atom stereocenters. The predicted octanol–water partition coefficient (Wildman–Crippen LogP) is 5.05. The highest BCUT2D eigenvalue weighted by Gasteiger charge is 2.39. The fourth-order valence-electron chi connectivity index (χ4n) is 2.16. The Kier molecular flexibility index (Phi) is 6.51. The zero-order valence-electron chi connectivity index (χ0n) is 13.1. The highest BCUT2D eigenvalue weighted by Crippen LogP contribution is 2.37. The number of hydrazine groups is 1. The molecule has 3 nitrogen and oxygen atoms in total. The van der Waals surface area contributed by atoms with E-state index >= 15 is 0 Å². The molecule has 0 heterocycles. The molecule has 0 spiro atoms. The molecule has 8 heteroatoms. The van der Waals surface area contributed by atoms with E-state index in [-0.39, 0.29) is 5.02 Å². The monoisotopic (exact) mass is 460 g/mol. The lowest BCUT2D eigenvalue weighted by Gasteiger charge is -2.32. The van der Waals surface area contributed by atoms with Crippen LogP contribution >= 0.6 is 34.2 Å². The van der Waals surface area contributed by atoms with Gasteiger partial charge in [0.15, 0.2) is 0 Å². The molecule has 0 saturated heterocycles. The Balaban J connectivity index is 3.50. The number of allylic oxidation sites excluding steroid dienone is 2. The normalized spacial score (nSPS) is 13.2. The summed E-state index contributed by atoms with van der Waals surface area (Å²) in [6, 6.07) is 3.28. The lowest BCUT2D eigenvalue weighted by molar-refractivity contribution is -0.138. The Hall–Kier alpha value is -0.800. The number of nitrogens with zero attached hydrogens (tertiary/aromatic N) is 1. The van der Waals surface area contributed by atoms with E-state index in [2.05, 4.69) is 28.0 Å². The predicted molar refractivity (Wildman–Crippen MR) is 93.5 cm³/mol. The topological polar surface area (TPSA) is 32.3 Å². The number of carbonyl (C=O) groups is 1. The second-order valence-electron chi connectivity index (χ2n) is 5.17. The molecule has 0 aromatic heterocycles. The molecule has 0 bridgehead atoms. The van der Waals surface area contributed by atoms with Gasteiger partial charge in [-0.05, 0) is 32.9 Å². The van der Waals surface area contributed by atoms with Crippen LogP contribution in [0, 0.1) is 0 Å². The summed E-state index contributed by atoms with van der Waals surface area (Å²) in [7, 11) is 1.47. The average molecular weight is 461 g/mol. The largest absolute Gasteiger partial charge is 0.417 e. The van der Waals surface area contributed by atoms with Gasteiger partial charge in [-0.15, -0.1) is 0 Å². The highest BCUT2D eigenvalue weighted by molar-refractivity contribution is 14.1. The van der Waals surface area contributed by atoms with Crippen LogP contribution < -0.4 is 5.43 Å². The molecule has 0 atom stereocenters. The number of rotatable bonds is 4. The summed E-state index contributed by atoms with van der Waals surface area (Å²) in [4.78, 5) is 12.7. The number of hydrogen-bond donors (Lipinski definition) is 1. The van der Waals surface area contributed by atoms with Crippen molar-refractivity contribution in [2.45, 2.75) is 30.4 Å². The first-order chi connectivity index (χ1) is 10.4. The van der Waals surface area contributed by atoms with Crippen molar-refractivity contribution in [2.75, 3.05) is 7.05 Å². The Bertz CT molecular complexity index is 624. The maximum absolute atomic E-state index is 13.2. The van der Waals surface area contributed by atoms with E-state index in [1.54, 1.807) is 13.0 Å². The SMILES string of the molecule is C/C=C(/N(NC)C(=O)c1c(Cl)cccc1C(F)(F)F)C(C)(C)I. The van der Waals surface area contributed by atoms with Crippen molar-refractivity contribution in [3.8, 4) is 0 Å². The molecule has 0 aliphatic carbocycles. The second-order valence-corrected chi connectivity index (χ2v) is 8.27. The Morgan fingerprint density at radius 1 is 1.35 bits per heavy atom. The van der Waals surface area contributed by atoms with E-state index in [0.29, 0.717) is 5.70 Å². The third-order valence-electron chi connectivity index (χ3n) is 3.08. The minimum atomic E-state index is -4.68. The summed E-state index contributed by atoms with van der Waals surface area (Å²) >= 11 is 8.00. The summed E-state index contributed by atoms with van der Waals surface area (Å²) in [5.74, 6) is -0.858. The number of halogens is 5. The van der Waals surface area contributed by atoms with Crippen LogP contribution in [0.3, 0.4) is 0 Å². The van der Waals surface area contributed by atoms with Gasteiger partial charge in [0.1, 0.15) is 0 Å². The first-order valence-electron chi connectivity index (χ1n) is 6.68. The van der Waals surface area contributed by atoms with Crippen molar-refractivity contribution in [2.24, 2.45) is 0 Å². The van der Waals surface area contributed by atoms with E-state index < -0.39 is 26.6 Å². The minimum Gasteiger partial charge on any atom is -0.267 e. The molecule has 1 rings (SSSR count). The summed E-state index contributed by atoms with van der Waals surface area (Å²) in [5.41, 5.74) is 1.54. The Labute approximate surface area is 152 Å². The van der Waals surface area contributed by atoms with Crippen molar-refractivity contribution < 1.29 is 18.0 Å². The zero-order valence-corrected chi connectivity index (χ0v) is 16.0. The number of carbonyl (C=O) groups excluding carboxylic acids is 1. The molecule has 128 valence electrons. The van der Waals surface area contributed by atoms with Gasteiger partial charge in [0.2, 0.25) is 0 Å². The molecule has 1 amide bonds. The number of amides is 1. The van der Waals surface area contributed by atoms with Gasteiger partial charge in [0, 0.05) is 12.7 Å². The Morgan fingerprint density at radius 2 is 1.91 bits per heavy atom. The molecule has 1 aromatic carbocycles.